The highest BCUT2D eigenvalue weighted by Crippen LogP contribution is 2.29. The van der Waals surface area contributed by atoms with E-state index in [1.807, 2.05) is 66.7 Å². The maximum Gasteiger partial charge on any atom is 0.311 e. The number of ketones is 1. The number of hydrogen-bond acceptors (Lipinski definition) is 2. The van der Waals surface area contributed by atoms with Gasteiger partial charge in [-0.3, -0.25) is 9.59 Å². The van der Waals surface area contributed by atoms with Gasteiger partial charge in [0.25, 0.3) is 0 Å². The van der Waals surface area contributed by atoms with Gasteiger partial charge in [-0.15, -0.1) is 0 Å². The molecule has 2 N–H and O–H groups in total. The standard InChI is InChI=1S/C24H19NO3/c26-23(18-12-10-17(11-13-18)16-6-2-1-3-7-16)14-20(24(27)28)21-15-25-22-9-5-4-8-19(21)22/h1-13,15,20,25H,14H2,(H,27,28). The van der Waals surface area contributed by atoms with Gasteiger partial charge in [-0.05, 0) is 22.8 Å². The van der Waals surface area contributed by atoms with Crippen molar-refractivity contribution in [1.29, 1.82) is 0 Å². The van der Waals surface area contributed by atoms with Gasteiger partial charge in [0.05, 0.1) is 5.92 Å². The molecule has 28 heavy (non-hydrogen) atoms. The average Bonchev–Trinajstić information content (AvgIpc) is 3.16. The van der Waals surface area contributed by atoms with Crippen LogP contribution in [-0.2, 0) is 4.79 Å². The Bertz CT molecular complexity index is 1130. The minimum Gasteiger partial charge on any atom is -0.481 e. The van der Waals surface area contributed by atoms with E-state index in [4.69, 9.17) is 0 Å². The van der Waals surface area contributed by atoms with Gasteiger partial charge in [0.2, 0.25) is 0 Å². The molecule has 4 nitrogen and oxygen atoms in total. The summed E-state index contributed by atoms with van der Waals surface area (Å²) in [5, 5.41) is 10.6. The van der Waals surface area contributed by atoms with E-state index in [0.29, 0.717) is 11.1 Å². The molecule has 0 saturated carbocycles. The third-order valence-electron chi connectivity index (χ3n) is 5.00. The molecule has 0 spiro atoms. The van der Waals surface area contributed by atoms with Crippen LogP contribution in [0.1, 0.15) is 28.3 Å². The summed E-state index contributed by atoms with van der Waals surface area (Å²) in [7, 11) is 0. The molecule has 0 bridgehead atoms. The number of benzene rings is 3. The lowest BCUT2D eigenvalue weighted by atomic mass is 9.91. The molecular weight excluding hydrogens is 350 g/mol. The van der Waals surface area contributed by atoms with E-state index in [1.54, 1.807) is 18.3 Å². The van der Waals surface area contributed by atoms with E-state index in [1.165, 1.54) is 0 Å². The van der Waals surface area contributed by atoms with Crippen molar-refractivity contribution in [2.75, 3.05) is 0 Å². The summed E-state index contributed by atoms with van der Waals surface area (Å²) < 4.78 is 0. The summed E-state index contributed by atoms with van der Waals surface area (Å²) in [5.41, 5.74) is 4.11. The van der Waals surface area contributed by atoms with Crippen molar-refractivity contribution in [2.24, 2.45) is 0 Å². The summed E-state index contributed by atoms with van der Waals surface area (Å²) in [4.78, 5) is 27.7. The highest BCUT2D eigenvalue weighted by molar-refractivity contribution is 6.00. The van der Waals surface area contributed by atoms with Crippen LogP contribution >= 0.6 is 0 Å². The van der Waals surface area contributed by atoms with Crippen molar-refractivity contribution in [3.05, 3.63) is 96.2 Å². The van der Waals surface area contributed by atoms with Crippen molar-refractivity contribution >= 4 is 22.7 Å². The smallest absolute Gasteiger partial charge is 0.311 e. The van der Waals surface area contributed by atoms with E-state index in [2.05, 4.69) is 4.98 Å². The lowest BCUT2D eigenvalue weighted by Crippen LogP contribution is -2.16. The molecule has 4 aromatic rings. The number of carbonyl (C=O) groups is 2. The van der Waals surface area contributed by atoms with Crippen LogP contribution in [0.25, 0.3) is 22.0 Å². The summed E-state index contributed by atoms with van der Waals surface area (Å²) in [6.45, 7) is 0. The molecule has 0 saturated heterocycles. The highest BCUT2D eigenvalue weighted by atomic mass is 16.4. The number of hydrogen-bond donors (Lipinski definition) is 2. The van der Waals surface area contributed by atoms with Crippen molar-refractivity contribution < 1.29 is 14.7 Å². The van der Waals surface area contributed by atoms with Crippen molar-refractivity contribution in [1.82, 2.24) is 4.98 Å². The SMILES string of the molecule is O=C(CC(C(=O)O)c1c[nH]c2ccccc12)c1ccc(-c2ccccc2)cc1. The van der Waals surface area contributed by atoms with Gasteiger partial charge < -0.3 is 10.1 Å². The van der Waals surface area contributed by atoms with E-state index < -0.39 is 11.9 Å². The molecule has 0 aliphatic heterocycles. The molecule has 0 aliphatic carbocycles. The second-order valence-electron chi connectivity index (χ2n) is 6.75. The molecule has 1 atom stereocenters. The number of rotatable bonds is 6. The van der Waals surface area contributed by atoms with E-state index in [9.17, 15) is 14.7 Å². The number of Topliss-reactive ketones (excluding diaryl/α,β-unsaturated/α-hetero) is 1. The van der Waals surface area contributed by atoms with Crippen LogP contribution in [0.3, 0.4) is 0 Å². The van der Waals surface area contributed by atoms with Gasteiger partial charge in [0, 0.05) is 29.1 Å². The molecule has 138 valence electrons. The molecule has 1 aromatic heterocycles. The molecular formula is C24H19NO3. The summed E-state index contributed by atoms with van der Waals surface area (Å²) in [6.07, 6.45) is 1.61. The van der Waals surface area contributed by atoms with Crippen LogP contribution < -0.4 is 0 Å². The van der Waals surface area contributed by atoms with Gasteiger partial charge in [-0.25, -0.2) is 0 Å². The lowest BCUT2D eigenvalue weighted by Gasteiger charge is -2.11. The van der Waals surface area contributed by atoms with E-state index in [-0.39, 0.29) is 12.2 Å². The number of aromatic amines is 1. The first-order chi connectivity index (χ1) is 13.6. The summed E-state index contributed by atoms with van der Waals surface area (Å²) in [6, 6.07) is 24.7. The minimum absolute atomic E-state index is 0.0815. The zero-order valence-corrected chi connectivity index (χ0v) is 15.1. The monoisotopic (exact) mass is 369 g/mol. The van der Waals surface area contributed by atoms with E-state index in [0.717, 1.165) is 22.0 Å². The third kappa shape index (κ3) is 3.45. The Balaban J connectivity index is 1.58. The maximum atomic E-state index is 12.8. The Morgan fingerprint density at radius 1 is 0.821 bits per heavy atom. The van der Waals surface area contributed by atoms with Crippen molar-refractivity contribution in [2.45, 2.75) is 12.3 Å². The van der Waals surface area contributed by atoms with Crippen molar-refractivity contribution in [3.63, 3.8) is 0 Å². The third-order valence-corrected chi connectivity index (χ3v) is 5.00. The highest BCUT2D eigenvalue weighted by Gasteiger charge is 2.26. The molecule has 0 radical (unpaired) electrons. The summed E-state index contributed by atoms with van der Waals surface area (Å²) in [5.74, 6) is -2.08. The average molecular weight is 369 g/mol. The Morgan fingerprint density at radius 2 is 1.46 bits per heavy atom. The topological polar surface area (TPSA) is 70.2 Å². The van der Waals surface area contributed by atoms with Crippen molar-refractivity contribution in [3.8, 4) is 11.1 Å². The first kappa shape index (κ1) is 17.7. The van der Waals surface area contributed by atoms with Gasteiger partial charge in [0.1, 0.15) is 0 Å². The second-order valence-corrected chi connectivity index (χ2v) is 6.75. The molecule has 0 aliphatic rings. The van der Waals surface area contributed by atoms with E-state index >= 15 is 0 Å². The molecule has 1 heterocycles. The fraction of sp³-hybridized carbons (Fsp3) is 0.0833. The van der Waals surface area contributed by atoms with Gasteiger partial charge in [0.15, 0.2) is 5.78 Å². The minimum atomic E-state index is -1.00. The normalized spacial score (nSPS) is 12.0. The molecule has 0 fully saturated rings. The number of carbonyl (C=O) groups excluding carboxylic acids is 1. The van der Waals surface area contributed by atoms with Crippen LogP contribution in [0.5, 0.6) is 0 Å². The number of carboxylic acids is 1. The van der Waals surface area contributed by atoms with Gasteiger partial charge in [-0.1, -0.05) is 72.8 Å². The largest absolute Gasteiger partial charge is 0.481 e. The van der Waals surface area contributed by atoms with Crippen LogP contribution in [-0.4, -0.2) is 21.8 Å². The van der Waals surface area contributed by atoms with Crippen LogP contribution in [0.15, 0.2) is 85.1 Å². The lowest BCUT2D eigenvalue weighted by molar-refractivity contribution is -0.138. The number of aliphatic carboxylic acids is 1. The predicted octanol–water partition coefficient (Wildman–Crippen LogP) is 5.28. The Hall–Kier alpha value is -3.66. The number of H-pyrrole nitrogens is 1. The molecule has 4 heteroatoms. The molecule has 4 rings (SSSR count). The number of fused-ring (bicyclic) bond motifs is 1. The van der Waals surface area contributed by atoms with Gasteiger partial charge >= 0.3 is 5.97 Å². The Labute approximate surface area is 162 Å². The fourth-order valence-electron chi connectivity index (χ4n) is 3.49. The Kier molecular flexibility index (Phi) is 4.77. The summed E-state index contributed by atoms with van der Waals surface area (Å²) >= 11 is 0. The number of aromatic nitrogens is 1. The number of para-hydroxylation sites is 1. The first-order valence-electron chi connectivity index (χ1n) is 9.11. The van der Waals surface area contributed by atoms with Crippen LogP contribution in [0.4, 0.5) is 0 Å². The maximum absolute atomic E-state index is 12.8. The molecule has 0 amide bonds. The second kappa shape index (κ2) is 7.53. The fourth-order valence-corrected chi connectivity index (χ4v) is 3.49. The number of carboxylic acid groups (broad SMARTS) is 1. The molecule has 1 unspecified atom stereocenters. The molecule has 3 aromatic carbocycles. The quantitative estimate of drug-likeness (QED) is 0.455. The first-order valence-corrected chi connectivity index (χ1v) is 9.11. The predicted molar refractivity (Wildman–Crippen MR) is 110 cm³/mol. The zero-order chi connectivity index (χ0) is 19.5. The Morgan fingerprint density at radius 3 is 2.18 bits per heavy atom. The van der Waals surface area contributed by atoms with Crippen LogP contribution in [0.2, 0.25) is 0 Å². The number of nitrogens with one attached hydrogen (secondary N) is 1. The van der Waals surface area contributed by atoms with Crippen LogP contribution in [0, 0.1) is 0 Å². The van der Waals surface area contributed by atoms with Gasteiger partial charge in [-0.2, -0.15) is 0 Å². The zero-order valence-electron chi connectivity index (χ0n) is 15.1.